The third-order valence-electron chi connectivity index (χ3n) is 9.37. The maximum absolute atomic E-state index is 12.6. The molecular formula is C37H61N2O6P. The van der Waals surface area contributed by atoms with Crippen molar-refractivity contribution in [1.82, 2.24) is 5.32 Å². The molecule has 1 unspecified atom stereocenters. The molecule has 0 saturated heterocycles. The fraction of sp³-hybridized carbons (Fsp3) is 0.730. The molecule has 1 heterocycles. The van der Waals surface area contributed by atoms with Crippen LogP contribution in [0.5, 0.6) is 0 Å². The second kappa shape index (κ2) is 22.6. The van der Waals surface area contributed by atoms with E-state index in [0.717, 1.165) is 49.4 Å². The Balaban J connectivity index is 1.19. The molecule has 0 radical (unpaired) electrons. The van der Waals surface area contributed by atoms with Crippen LogP contribution in [-0.4, -0.2) is 32.5 Å². The molecule has 0 aliphatic heterocycles. The Hall–Kier alpha value is -1.99. The van der Waals surface area contributed by atoms with Crippen LogP contribution in [0, 0.1) is 5.41 Å². The largest absolute Gasteiger partial charge is 0.756 e. The Labute approximate surface area is 278 Å². The second-order valence-electron chi connectivity index (χ2n) is 13.3. The molecule has 1 aliphatic carbocycles. The lowest BCUT2D eigenvalue weighted by Gasteiger charge is -2.31. The number of pyridine rings is 1. The Kier molecular flexibility index (Phi) is 18.9. The van der Waals surface area contributed by atoms with Gasteiger partial charge in [-0.1, -0.05) is 128 Å². The number of aromatic nitrogens is 1. The molecule has 0 bridgehead atoms. The molecule has 260 valence electrons. The van der Waals surface area contributed by atoms with E-state index in [9.17, 15) is 14.3 Å². The van der Waals surface area contributed by atoms with E-state index in [1.165, 1.54) is 89.9 Å². The molecule has 1 saturated carbocycles. The standard InChI is InChI=1S/C37H61N2O6P/c1-2-3-4-5-6-7-8-9-10-11-12-13-14-15-16-21-28-38-36(40)43-32-37(26-19-20-27-37)33-45-46(41,42)44-31-30-39-29-22-24-34-23-17-18-25-35(34)39/h17-18,22-25,29H,2-16,19-21,26-28,30-33H2,1H3,(H-,38,40,41,42). The molecular weight excluding hydrogens is 599 g/mol. The van der Waals surface area contributed by atoms with Crippen LogP contribution in [0.25, 0.3) is 10.9 Å². The van der Waals surface area contributed by atoms with Crippen LogP contribution in [0.2, 0.25) is 0 Å². The maximum atomic E-state index is 12.6. The number of para-hydroxylation sites is 1. The van der Waals surface area contributed by atoms with Crippen LogP contribution in [-0.2, 0) is 24.9 Å². The lowest BCUT2D eigenvalue weighted by atomic mass is 9.88. The summed E-state index contributed by atoms with van der Waals surface area (Å²) in [5.41, 5.74) is 0.504. The number of carbonyl (C=O) groups excluding carboxylic acids is 1. The highest BCUT2D eigenvalue weighted by Crippen LogP contribution is 2.45. The number of hydrogen-bond acceptors (Lipinski definition) is 6. The van der Waals surface area contributed by atoms with Crippen molar-refractivity contribution in [3.05, 3.63) is 42.6 Å². The molecule has 1 atom stereocenters. The summed E-state index contributed by atoms with van der Waals surface area (Å²) in [6.45, 7) is 3.33. The number of benzene rings is 1. The molecule has 1 aliphatic rings. The zero-order chi connectivity index (χ0) is 32.8. The minimum absolute atomic E-state index is 0.0231. The highest BCUT2D eigenvalue weighted by molar-refractivity contribution is 7.45. The highest BCUT2D eigenvalue weighted by atomic mass is 31.2. The average molecular weight is 661 g/mol. The minimum Gasteiger partial charge on any atom is -0.756 e. The zero-order valence-electron chi connectivity index (χ0n) is 28.6. The van der Waals surface area contributed by atoms with Crippen LogP contribution < -0.4 is 14.8 Å². The molecule has 1 amide bonds. The van der Waals surface area contributed by atoms with Crippen molar-refractivity contribution in [3.63, 3.8) is 0 Å². The highest BCUT2D eigenvalue weighted by Gasteiger charge is 2.37. The van der Waals surface area contributed by atoms with Crippen LogP contribution in [0.1, 0.15) is 135 Å². The van der Waals surface area contributed by atoms with Crippen molar-refractivity contribution in [2.75, 3.05) is 26.4 Å². The first-order chi connectivity index (χ1) is 22.4. The van der Waals surface area contributed by atoms with Gasteiger partial charge in [0.15, 0.2) is 12.7 Å². The second-order valence-corrected chi connectivity index (χ2v) is 14.7. The van der Waals surface area contributed by atoms with Gasteiger partial charge in [-0.05, 0) is 31.4 Å². The number of nitrogens with one attached hydrogen (secondary N) is 1. The topological polar surface area (TPSA) is 101 Å². The number of fused-ring (bicyclic) bond motifs is 1. The lowest BCUT2D eigenvalue weighted by Crippen LogP contribution is -2.37. The number of alkyl carbamates (subject to hydrolysis) is 1. The van der Waals surface area contributed by atoms with Gasteiger partial charge in [0.05, 0.1) is 6.61 Å². The molecule has 0 spiro atoms. The van der Waals surface area contributed by atoms with Crippen molar-refractivity contribution in [2.24, 2.45) is 5.41 Å². The molecule has 1 aromatic carbocycles. The summed E-state index contributed by atoms with van der Waals surface area (Å²) in [5, 5.41) is 3.93. The molecule has 1 N–H and O–H groups in total. The van der Waals surface area contributed by atoms with E-state index in [1.54, 1.807) is 0 Å². The molecule has 1 aromatic heterocycles. The van der Waals surface area contributed by atoms with Gasteiger partial charge in [-0.15, -0.1) is 0 Å². The lowest BCUT2D eigenvalue weighted by molar-refractivity contribution is -0.672. The van der Waals surface area contributed by atoms with Crippen LogP contribution in [0.3, 0.4) is 0 Å². The van der Waals surface area contributed by atoms with Gasteiger partial charge in [0.2, 0.25) is 5.52 Å². The van der Waals surface area contributed by atoms with Crippen LogP contribution in [0.15, 0.2) is 42.6 Å². The van der Waals surface area contributed by atoms with Gasteiger partial charge < -0.3 is 24.0 Å². The summed E-state index contributed by atoms with van der Waals surface area (Å²) >= 11 is 0. The van der Waals surface area contributed by atoms with Crippen molar-refractivity contribution in [3.8, 4) is 0 Å². The quantitative estimate of drug-likeness (QED) is 0.0614. The van der Waals surface area contributed by atoms with Crippen molar-refractivity contribution in [2.45, 2.75) is 142 Å². The first-order valence-corrected chi connectivity index (χ1v) is 19.8. The zero-order valence-corrected chi connectivity index (χ0v) is 29.5. The number of nitrogens with zero attached hydrogens (tertiary/aromatic N) is 1. The Morgan fingerprint density at radius 3 is 2.00 bits per heavy atom. The van der Waals surface area contributed by atoms with Crippen molar-refractivity contribution >= 4 is 24.8 Å². The van der Waals surface area contributed by atoms with Gasteiger partial charge >= 0.3 is 6.09 Å². The molecule has 3 rings (SSSR count). The number of carbonyl (C=O) groups is 1. The molecule has 9 heteroatoms. The number of rotatable bonds is 26. The summed E-state index contributed by atoms with van der Waals surface area (Å²) in [7, 11) is -4.50. The van der Waals surface area contributed by atoms with Gasteiger partial charge in [-0.25, -0.2) is 4.79 Å². The predicted octanol–water partition coefficient (Wildman–Crippen LogP) is 9.18. The number of amides is 1. The number of phosphoric acid groups is 1. The maximum Gasteiger partial charge on any atom is 0.407 e. The summed E-state index contributed by atoms with van der Waals surface area (Å²) in [6.07, 6.45) is 25.9. The fourth-order valence-corrected chi connectivity index (χ4v) is 7.32. The van der Waals surface area contributed by atoms with E-state index in [4.69, 9.17) is 13.8 Å². The van der Waals surface area contributed by atoms with Crippen molar-refractivity contribution in [1.29, 1.82) is 0 Å². The minimum atomic E-state index is -4.50. The summed E-state index contributed by atoms with van der Waals surface area (Å²) in [6, 6.07) is 11.9. The fourth-order valence-electron chi connectivity index (χ4n) is 6.51. The van der Waals surface area contributed by atoms with Gasteiger partial charge in [0, 0.05) is 29.5 Å². The Morgan fingerprint density at radius 2 is 1.37 bits per heavy atom. The van der Waals surface area contributed by atoms with Crippen molar-refractivity contribution < 1.29 is 32.6 Å². The molecule has 1 fully saturated rings. The van der Waals surface area contributed by atoms with Crippen LogP contribution >= 0.6 is 7.82 Å². The van der Waals surface area contributed by atoms with Gasteiger partial charge in [0.1, 0.15) is 13.2 Å². The van der Waals surface area contributed by atoms with Crippen LogP contribution in [0.4, 0.5) is 4.79 Å². The summed E-state index contributed by atoms with van der Waals surface area (Å²) in [5.74, 6) is 0. The number of unbranched alkanes of at least 4 members (excludes halogenated alkanes) is 15. The van der Waals surface area contributed by atoms with Gasteiger partial charge in [-0.2, -0.15) is 4.57 Å². The first kappa shape index (κ1) is 38.5. The third-order valence-corrected chi connectivity index (χ3v) is 10.3. The van der Waals surface area contributed by atoms with E-state index < -0.39 is 19.3 Å². The molecule has 8 nitrogen and oxygen atoms in total. The van der Waals surface area contributed by atoms with E-state index >= 15 is 0 Å². The Bertz CT molecular complexity index is 1150. The number of phosphoric ester groups is 1. The molecule has 2 aromatic rings. The first-order valence-electron chi connectivity index (χ1n) is 18.3. The monoisotopic (exact) mass is 660 g/mol. The normalized spacial score (nSPS) is 15.6. The SMILES string of the molecule is CCCCCCCCCCCCCCCCCCNC(=O)OCC1(COP(=O)([O-])OCC[n+]2cccc3ccccc32)CCCC1. The summed E-state index contributed by atoms with van der Waals surface area (Å²) < 4.78 is 30.6. The number of ether oxygens (including phenoxy) is 1. The van der Waals surface area contributed by atoms with Gasteiger partial charge in [0.25, 0.3) is 7.82 Å². The Morgan fingerprint density at radius 1 is 0.804 bits per heavy atom. The smallest absolute Gasteiger partial charge is 0.407 e. The predicted molar refractivity (Wildman–Crippen MR) is 183 cm³/mol. The van der Waals surface area contributed by atoms with E-state index in [0.29, 0.717) is 13.1 Å². The average Bonchev–Trinajstić information content (AvgIpc) is 3.54. The molecule has 46 heavy (non-hydrogen) atoms. The van der Waals surface area contributed by atoms with E-state index in [-0.39, 0.29) is 19.8 Å². The number of hydrogen-bond donors (Lipinski definition) is 1. The summed E-state index contributed by atoms with van der Waals surface area (Å²) in [4.78, 5) is 24.9. The third kappa shape index (κ3) is 15.7. The van der Waals surface area contributed by atoms with E-state index in [1.807, 2.05) is 47.2 Å². The van der Waals surface area contributed by atoms with E-state index in [2.05, 4.69) is 12.2 Å². The van der Waals surface area contributed by atoms with Gasteiger partial charge in [-0.3, -0.25) is 4.57 Å².